The number of carboxylic acids is 1. The predicted octanol–water partition coefficient (Wildman–Crippen LogP) is 3.94. The van der Waals surface area contributed by atoms with Gasteiger partial charge in [0.25, 0.3) is 0 Å². The molecule has 0 bridgehead atoms. The highest BCUT2D eigenvalue weighted by atomic mass is 35.5. The van der Waals surface area contributed by atoms with Crippen LogP contribution in [0, 0.1) is 11.3 Å². The van der Waals surface area contributed by atoms with Gasteiger partial charge in [0.05, 0.1) is 28.7 Å². The molecule has 0 saturated heterocycles. The van der Waals surface area contributed by atoms with E-state index >= 15 is 0 Å². The molecule has 0 aliphatic carbocycles. The number of carbonyl (C=O) groups excluding carboxylic acids is 1. The monoisotopic (exact) mass is 354 g/mol. The molecule has 1 atom stereocenters. The maximum Gasteiger partial charge on any atom is 0.138 e. The summed E-state index contributed by atoms with van der Waals surface area (Å²) >= 11 is 6.25. The molecule has 0 saturated carbocycles. The molecule has 2 aromatic carbocycles. The largest absolute Gasteiger partial charge is 0.545 e. The van der Waals surface area contributed by atoms with Gasteiger partial charge >= 0.3 is 0 Å². The molecule has 4 nitrogen and oxygen atoms in total. The molecule has 0 spiro atoms. The van der Waals surface area contributed by atoms with Gasteiger partial charge in [-0.05, 0) is 48.2 Å². The zero-order chi connectivity index (χ0) is 18.4. The van der Waals surface area contributed by atoms with Crippen LogP contribution in [0.15, 0.2) is 42.5 Å². The number of carboxylic acid groups (broad SMARTS) is 1. The average Bonchev–Trinajstić information content (AvgIpc) is 2.61. The summed E-state index contributed by atoms with van der Waals surface area (Å²) in [6, 6.07) is 13.4. The van der Waals surface area contributed by atoms with Gasteiger partial charge in [0, 0.05) is 0 Å². The second-order valence-corrected chi connectivity index (χ2v) is 5.97. The van der Waals surface area contributed by atoms with Crippen molar-refractivity contribution < 1.29 is 14.6 Å². The minimum absolute atomic E-state index is 0.0654. The van der Waals surface area contributed by atoms with Crippen molar-refractivity contribution in [2.45, 2.75) is 26.4 Å². The molecule has 0 N–H and O–H groups in total. The van der Waals surface area contributed by atoms with Crippen molar-refractivity contribution in [2.24, 2.45) is 0 Å². The Labute approximate surface area is 151 Å². The second-order valence-electron chi connectivity index (χ2n) is 5.56. The lowest BCUT2D eigenvalue weighted by Crippen LogP contribution is -2.21. The van der Waals surface area contributed by atoms with Gasteiger partial charge in [-0.3, -0.25) is 0 Å². The maximum absolute atomic E-state index is 10.8. The molecular formula is C20H17ClNO3-. The van der Waals surface area contributed by atoms with Crippen molar-refractivity contribution in [1.82, 2.24) is 0 Å². The van der Waals surface area contributed by atoms with Crippen LogP contribution in [0.4, 0.5) is 0 Å². The van der Waals surface area contributed by atoms with Gasteiger partial charge in [-0.2, -0.15) is 5.26 Å². The Kier molecular flexibility index (Phi) is 6.21. The van der Waals surface area contributed by atoms with Gasteiger partial charge < -0.3 is 14.6 Å². The lowest BCUT2D eigenvalue weighted by Gasteiger charge is -2.14. The van der Waals surface area contributed by atoms with Crippen LogP contribution in [0.5, 0.6) is 5.75 Å². The van der Waals surface area contributed by atoms with Gasteiger partial charge in [-0.25, -0.2) is 0 Å². The first-order valence-corrected chi connectivity index (χ1v) is 8.22. The minimum Gasteiger partial charge on any atom is -0.545 e. The second kappa shape index (κ2) is 8.36. The van der Waals surface area contributed by atoms with Crippen LogP contribution >= 0.6 is 11.6 Å². The van der Waals surface area contributed by atoms with Gasteiger partial charge in [0.1, 0.15) is 5.75 Å². The fourth-order valence-corrected chi connectivity index (χ4v) is 2.37. The quantitative estimate of drug-likeness (QED) is 0.581. The number of nitrogens with zero attached hydrogens (tertiary/aromatic N) is 1. The van der Waals surface area contributed by atoms with E-state index in [1.807, 2.05) is 19.9 Å². The van der Waals surface area contributed by atoms with Crippen molar-refractivity contribution in [1.29, 1.82) is 5.26 Å². The molecule has 0 aliphatic heterocycles. The molecule has 5 heteroatoms. The summed E-state index contributed by atoms with van der Waals surface area (Å²) in [6.45, 7) is 3.99. The number of hydrogen-bond acceptors (Lipinski definition) is 4. The third-order valence-corrected chi connectivity index (χ3v) is 4.02. The first kappa shape index (κ1) is 18.6. The van der Waals surface area contributed by atoms with Gasteiger partial charge in [0.15, 0.2) is 0 Å². The Hall–Kier alpha value is -2.77. The van der Waals surface area contributed by atoms with Gasteiger partial charge in [-0.15, -0.1) is 0 Å². The third kappa shape index (κ3) is 4.85. The minimum atomic E-state index is -1.25. The van der Waals surface area contributed by atoms with Crippen molar-refractivity contribution in [2.75, 3.05) is 0 Å². The van der Waals surface area contributed by atoms with E-state index in [0.29, 0.717) is 21.9 Å². The number of hydrogen-bond donors (Lipinski definition) is 0. The first-order chi connectivity index (χ1) is 11.9. The zero-order valence-corrected chi connectivity index (χ0v) is 14.7. The van der Waals surface area contributed by atoms with Crippen molar-refractivity contribution in [3.8, 4) is 11.8 Å². The van der Waals surface area contributed by atoms with E-state index < -0.39 is 5.97 Å². The maximum atomic E-state index is 10.8. The molecule has 2 aromatic rings. The number of nitriles is 1. The molecular weight excluding hydrogens is 338 g/mol. The van der Waals surface area contributed by atoms with Crippen molar-refractivity contribution >= 4 is 29.2 Å². The van der Waals surface area contributed by atoms with Gasteiger partial charge in [-0.1, -0.05) is 48.9 Å². The topological polar surface area (TPSA) is 73.1 Å². The fourth-order valence-electron chi connectivity index (χ4n) is 2.14. The average molecular weight is 355 g/mol. The van der Waals surface area contributed by atoms with E-state index in [0.717, 1.165) is 12.0 Å². The molecule has 0 radical (unpaired) electrons. The molecule has 128 valence electrons. The summed E-state index contributed by atoms with van der Waals surface area (Å²) in [7, 11) is 0. The highest BCUT2D eigenvalue weighted by Crippen LogP contribution is 2.28. The summed E-state index contributed by atoms with van der Waals surface area (Å²) in [6.07, 6.45) is 2.63. The molecule has 0 aromatic heterocycles. The number of rotatable bonds is 6. The van der Waals surface area contributed by atoms with Crippen LogP contribution in [0.25, 0.3) is 11.6 Å². The fraction of sp³-hybridized carbons (Fsp3) is 0.200. The summed E-state index contributed by atoms with van der Waals surface area (Å²) in [5.74, 6) is -0.650. The number of carbonyl (C=O) groups is 1. The van der Waals surface area contributed by atoms with Crippen molar-refractivity contribution in [3.63, 3.8) is 0 Å². The Morgan fingerprint density at radius 1 is 1.28 bits per heavy atom. The van der Waals surface area contributed by atoms with E-state index in [1.165, 1.54) is 12.1 Å². The number of aromatic carboxylic acids is 1. The Bertz CT molecular complexity index is 835. The number of benzene rings is 2. The van der Waals surface area contributed by atoms with Crippen LogP contribution in [-0.4, -0.2) is 12.1 Å². The molecule has 0 unspecified atom stereocenters. The van der Waals surface area contributed by atoms with E-state index in [4.69, 9.17) is 16.3 Å². The van der Waals surface area contributed by atoms with Crippen LogP contribution in [-0.2, 0) is 0 Å². The Balaban J connectivity index is 2.29. The predicted molar refractivity (Wildman–Crippen MR) is 96.1 cm³/mol. The van der Waals surface area contributed by atoms with E-state index in [9.17, 15) is 15.2 Å². The van der Waals surface area contributed by atoms with E-state index in [1.54, 1.807) is 30.3 Å². The number of allylic oxidation sites excluding steroid dienone is 1. The molecule has 0 amide bonds. The summed E-state index contributed by atoms with van der Waals surface area (Å²) in [5, 5.41) is 20.7. The van der Waals surface area contributed by atoms with Crippen LogP contribution in [0.2, 0.25) is 5.02 Å². The van der Waals surface area contributed by atoms with E-state index in [-0.39, 0.29) is 11.7 Å². The van der Waals surface area contributed by atoms with Crippen LogP contribution in [0.3, 0.4) is 0 Å². The summed E-state index contributed by atoms with van der Waals surface area (Å²) in [5.41, 5.74) is 1.83. The molecule has 0 fully saturated rings. The zero-order valence-electron chi connectivity index (χ0n) is 14.0. The van der Waals surface area contributed by atoms with Gasteiger partial charge in [0.2, 0.25) is 0 Å². The summed E-state index contributed by atoms with van der Waals surface area (Å²) < 4.78 is 5.72. The number of halogens is 1. The molecule has 25 heavy (non-hydrogen) atoms. The SMILES string of the molecule is CC[C@H](C)Oc1ccc(/C=C(\C#N)c2ccc(C(=O)[O-])cc2)cc1Cl. The van der Waals surface area contributed by atoms with Crippen molar-refractivity contribution in [3.05, 3.63) is 64.2 Å². The Morgan fingerprint density at radius 3 is 2.44 bits per heavy atom. The smallest absolute Gasteiger partial charge is 0.138 e. The highest BCUT2D eigenvalue weighted by molar-refractivity contribution is 6.32. The normalized spacial score (nSPS) is 12.3. The van der Waals surface area contributed by atoms with E-state index in [2.05, 4.69) is 6.07 Å². The molecule has 0 aliphatic rings. The standard InChI is InChI=1S/C20H18ClNO3/c1-3-13(2)25-19-9-4-14(11-18(19)21)10-17(12-22)15-5-7-16(8-6-15)20(23)24/h4-11,13H,3H2,1-2H3,(H,23,24)/p-1/b17-10+/t13-/m0/s1. The summed E-state index contributed by atoms with van der Waals surface area (Å²) in [4.78, 5) is 10.8. The molecule has 2 rings (SSSR count). The number of ether oxygens (including phenoxy) is 1. The Morgan fingerprint density at radius 2 is 1.92 bits per heavy atom. The highest BCUT2D eigenvalue weighted by Gasteiger charge is 2.07. The third-order valence-electron chi connectivity index (χ3n) is 3.72. The lowest BCUT2D eigenvalue weighted by molar-refractivity contribution is -0.255. The first-order valence-electron chi connectivity index (χ1n) is 7.84. The van der Waals surface area contributed by atoms with Crippen LogP contribution in [0.1, 0.15) is 41.8 Å². The van der Waals surface area contributed by atoms with Crippen LogP contribution < -0.4 is 9.84 Å². The lowest BCUT2D eigenvalue weighted by atomic mass is 10.0. The molecule has 0 heterocycles.